The summed E-state index contributed by atoms with van der Waals surface area (Å²) in [4.78, 5) is 20.5. The number of aliphatic imine (C=N–C) groups is 1. The van der Waals surface area contributed by atoms with Gasteiger partial charge in [-0.3, -0.25) is 4.79 Å². The molecule has 1 aliphatic heterocycles. The molecule has 1 aromatic rings. The van der Waals surface area contributed by atoms with Crippen molar-refractivity contribution in [3.05, 3.63) is 35.9 Å². The number of nitrogens with two attached hydrogens (primary N) is 1. The summed E-state index contributed by atoms with van der Waals surface area (Å²) in [7, 11) is 0. The van der Waals surface area contributed by atoms with Crippen LogP contribution in [0, 0.1) is 0 Å². The predicted octanol–water partition coefficient (Wildman–Crippen LogP) is 1.84. The van der Waals surface area contributed by atoms with Crippen LogP contribution in [0.4, 0.5) is 0 Å². The third-order valence-electron chi connectivity index (χ3n) is 4.01. The number of piperidine rings is 1. The summed E-state index contributed by atoms with van der Waals surface area (Å²) in [6, 6.07) is 10.0. The number of guanidine groups is 1. The maximum atomic E-state index is 12.3. The average molecular weight is 302 g/mol. The molecule has 0 atom stereocenters. The summed E-state index contributed by atoms with van der Waals surface area (Å²) < 4.78 is 0. The van der Waals surface area contributed by atoms with Crippen LogP contribution in [0.5, 0.6) is 0 Å². The zero-order chi connectivity index (χ0) is 15.8. The minimum absolute atomic E-state index is 0.0197. The highest BCUT2D eigenvalue weighted by atomic mass is 16.2. The predicted molar refractivity (Wildman–Crippen MR) is 89.4 cm³/mol. The van der Waals surface area contributed by atoms with Crippen molar-refractivity contribution < 1.29 is 4.79 Å². The van der Waals surface area contributed by atoms with Crippen molar-refractivity contribution in [1.29, 1.82) is 0 Å². The summed E-state index contributed by atoms with van der Waals surface area (Å²) in [6.07, 6.45) is 3.56. The third-order valence-corrected chi connectivity index (χ3v) is 4.01. The van der Waals surface area contributed by atoms with E-state index in [1.54, 1.807) is 0 Å². The molecule has 0 aliphatic carbocycles. The molecule has 22 heavy (non-hydrogen) atoms. The fraction of sp³-hybridized carbons (Fsp3) is 0.529. The summed E-state index contributed by atoms with van der Waals surface area (Å²) in [5.74, 6) is 0.523. The van der Waals surface area contributed by atoms with Crippen molar-refractivity contribution in [1.82, 2.24) is 9.80 Å². The number of hydrogen-bond donors (Lipinski definition) is 1. The lowest BCUT2D eigenvalue weighted by Gasteiger charge is -2.27. The summed E-state index contributed by atoms with van der Waals surface area (Å²) in [6.45, 7) is 5.31. The number of benzene rings is 1. The minimum atomic E-state index is 0.0197. The molecule has 1 aromatic carbocycles. The van der Waals surface area contributed by atoms with Crippen LogP contribution >= 0.6 is 0 Å². The van der Waals surface area contributed by atoms with Gasteiger partial charge in [0.1, 0.15) is 6.54 Å². The molecule has 0 saturated carbocycles. The normalized spacial score (nSPS) is 15.7. The standard InChI is InChI=1S/C17H26N4O/c1-2-20(14-15-9-5-3-6-10-15)16(22)13-19-17(18)21-11-7-4-8-12-21/h3,5-6,9-10H,2,4,7-8,11-14H2,1H3,(H2,18,19). The first kappa shape index (κ1) is 16.3. The summed E-state index contributed by atoms with van der Waals surface area (Å²) >= 11 is 0. The van der Waals surface area contributed by atoms with Crippen LogP contribution in [0.2, 0.25) is 0 Å². The van der Waals surface area contributed by atoms with Gasteiger partial charge in [-0.25, -0.2) is 4.99 Å². The second kappa shape index (κ2) is 8.41. The SMILES string of the molecule is CCN(Cc1ccccc1)C(=O)CN=C(N)N1CCCCC1. The molecule has 0 unspecified atom stereocenters. The van der Waals surface area contributed by atoms with E-state index in [2.05, 4.69) is 9.89 Å². The molecular formula is C17H26N4O. The van der Waals surface area contributed by atoms with E-state index in [0.29, 0.717) is 19.0 Å². The van der Waals surface area contributed by atoms with Gasteiger partial charge in [0.2, 0.25) is 5.91 Å². The van der Waals surface area contributed by atoms with E-state index in [1.807, 2.05) is 42.2 Å². The van der Waals surface area contributed by atoms with E-state index in [4.69, 9.17) is 5.73 Å². The number of hydrogen-bond acceptors (Lipinski definition) is 2. The van der Waals surface area contributed by atoms with E-state index in [9.17, 15) is 4.79 Å². The Bertz CT molecular complexity index is 495. The lowest BCUT2D eigenvalue weighted by atomic mass is 10.1. The molecule has 2 rings (SSSR count). The Kier molecular flexibility index (Phi) is 6.25. The van der Waals surface area contributed by atoms with Crippen molar-refractivity contribution >= 4 is 11.9 Å². The highest BCUT2D eigenvalue weighted by molar-refractivity contribution is 5.84. The van der Waals surface area contributed by atoms with Gasteiger partial charge in [-0.1, -0.05) is 30.3 Å². The van der Waals surface area contributed by atoms with Crippen molar-refractivity contribution in [3.8, 4) is 0 Å². The van der Waals surface area contributed by atoms with Crippen molar-refractivity contribution in [2.75, 3.05) is 26.2 Å². The zero-order valence-corrected chi connectivity index (χ0v) is 13.4. The Hall–Kier alpha value is -2.04. The second-order valence-corrected chi connectivity index (χ2v) is 5.62. The first-order chi connectivity index (χ1) is 10.7. The van der Waals surface area contributed by atoms with Crippen LogP contribution < -0.4 is 5.73 Å². The second-order valence-electron chi connectivity index (χ2n) is 5.62. The molecule has 0 radical (unpaired) electrons. The molecule has 1 amide bonds. The van der Waals surface area contributed by atoms with Gasteiger partial charge < -0.3 is 15.5 Å². The van der Waals surface area contributed by atoms with Crippen LogP contribution in [0.1, 0.15) is 31.7 Å². The van der Waals surface area contributed by atoms with Gasteiger partial charge >= 0.3 is 0 Å². The van der Waals surface area contributed by atoms with Crippen LogP contribution in [-0.4, -0.2) is 47.8 Å². The lowest BCUT2D eigenvalue weighted by Crippen LogP contribution is -2.41. The fourth-order valence-corrected chi connectivity index (χ4v) is 2.65. The molecule has 5 nitrogen and oxygen atoms in total. The van der Waals surface area contributed by atoms with Crippen molar-refractivity contribution in [2.45, 2.75) is 32.7 Å². The number of rotatable bonds is 5. The molecule has 0 bridgehead atoms. The Labute approximate surface area is 132 Å². The molecule has 120 valence electrons. The molecule has 5 heteroatoms. The third kappa shape index (κ3) is 4.76. The molecule has 0 spiro atoms. The van der Waals surface area contributed by atoms with Gasteiger partial charge in [0.15, 0.2) is 5.96 Å². The molecule has 1 aliphatic rings. The van der Waals surface area contributed by atoms with Gasteiger partial charge in [-0.05, 0) is 31.7 Å². The van der Waals surface area contributed by atoms with E-state index in [1.165, 1.54) is 6.42 Å². The fourth-order valence-electron chi connectivity index (χ4n) is 2.65. The zero-order valence-electron chi connectivity index (χ0n) is 13.4. The van der Waals surface area contributed by atoms with Crippen LogP contribution in [0.25, 0.3) is 0 Å². The van der Waals surface area contributed by atoms with Crippen LogP contribution in [0.3, 0.4) is 0 Å². The van der Waals surface area contributed by atoms with Crippen molar-refractivity contribution in [3.63, 3.8) is 0 Å². The number of nitrogens with zero attached hydrogens (tertiary/aromatic N) is 3. The van der Waals surface area contributed by atoms with E-state index >= 15 is 0 Å². The highest BCUT2D eigenvalue weighted by Gasteiger charge is 2.14. The van der Waals surface area contributed by atoms with Gasteiger partial charge in [-0.2, -0.15) is 0 Å². The Morgan fingerprint density at radius 3 is 2.55 bits per heavy atom. The number of carbonyl (C=O) groups is 1. The molecule has 1 fully saturated rings. The van der Waals surface area contributed by atoms with Gasteiger partial charge in [0, 0.05) is 26.2 Å². The van der Waals surface area contributed by atoms with E-state index < -0.39 is 0 Å². The van der Waals surface area contributed by atoms with Crippen molar-refractivity contribution in [2.24, 2.45) is 10.7 Å². The molecule has 2 N–H and O–H groups in total. The first-order valence-corrected chi connectivity index (χ1v) is 8.07. The molecule has 1 heterocycles. The monoisotopic (exact) mass is 302 g/mol. The molecule has 1 saturated heterocycles. The maximum absolute atomic E-state index is 12.3. The number of likely N-dealkylation sites (N-methyl/N-ethyl adjacent to an activating group) is 1. The molecular weight excluding hydrogens is 276 g/mol. The number of likely N-dealkylation sites (tertiary alicyclic amines) is 1. The topological polar surface area (TPSA) is 61.9 Å². The van der Waals surface area contributed by atoms with Gasteiger partial charge in [0.05, 0.1) is 0 Å². The smallest absolute Gasteiger partial charge is 0.244 e. The maximum Gasteiger partial charge on any atom is 0.244 e. The van der Waals surface area contributed by atoms with Crippen LogP contribution in [0.15, 0.2) is 35.3 Å². The number of amides is 1. The summed E-state index contributed by atoms with van der Waals surface area (Å²) in [5, 5.41) is 0. The first-order valence-electron chi connectivity index (χ1n) is 8.07. The lowest BCUT2D eigenvalue weighted by molar-refractivity contribution is -0.130. The quantitative estimate of drug-likeness (QED) is 0.667. The van der Waals surface area contributed by atoms with E-state index in [0.717, 1.165) is 31.5 Å². The largest absolute Gasteiger partial charge is 0.370 e. The highest BCUT2D eigenvalue weighted by Crippen LogP contribution is 2.08. The minimum Gasteiger partial charge on any atom is -0.370 e. The number of carbonyl (C=O) groups excluding carboxylic acids is 1. The summed E-state index contributed by atoms with van der Waals surface area (Å²) in [5.41, 5.74) is 7.13. The Morgan fingerprint density at radius 1 is 1.23 bits per heavy atom. The Balaban J connectivity index is 1.88. The van der Waals surface area contributed by atoms with Gasteiger partial charge in [-0.15, -0.1) is 0 Å². The average Bonchev–Trinajstić information content (AvgIpc) is 2.59. The van der Waals surface area contributed by atoms with Gasteiger partial charge in [0.25, 0.3) is 0 Å². The Morgan fingerprint density at radius 2 is 1.91 bits per heavy atom. The van der Waals surface area contributed by atoms with E-state index in [-0.39, 0.29) is 12.5 Å². The molecule has 0 aromatic heterocycles. The van der Waals surface area contributed by atoms with Crippen LogP contribution in [-0.2, 0) is 11.3 Å².